The van der Waals surface area contributed by atoms with Crippen molar-refractivity contribution in [2.45, 2.75) is 90.1 Å². The largest absolute Gasteiger partial charge is 0.544 e. The Labute approximate surface area is 209 Å². The smallest absolute Gasteiger partial charge is 0.250 e. The lowest BCUT2D eigenvalue weighted by molar-refractivity contribution is 0.491. The Hall–Kier alpha value is -2.48. The molecule has 2 aromatic rings. The van der Waals surface area contributed by atoms with Crippen LogP contribution in [0.3, 0.4) is 0 Å². The predicted molar refractivity (Wildman–Crippen MR) is 148 cm³/mol. The van der Waals surface area contributed by atoms with Crippen molar-refractivity contribution in [3.8, 4) is 29.4 Å². The Morgan fingerprint density at radius 2 is 1.15 bits per heavy atom. The van der Waals surface area contributed by atoms with E-state index in [4.69, 9.17) is 14.1 Å². The monoisotopic (exact) mass is 491 g/mol. The second-order valence-electron chi connectivity index (χ2n) is 12.1. The molecule has 0 aliphatic carbocycles. The average Bonchev–Trinajstić information content (AvgIpc) is 2.71. The highest BCUT2D eigenvalue weighted by Gasteiger charge is 2.39. The zero-order valence-electron chi connectivity index (χ0n) is 22.7. The summed E-state index contributed by atoms with van der Waals surface area (Å²) in [5.41, 5.74) is 2.26. The third-order valence-electron chi connectivity index (χ3n) is 7.31. The van der Waals surface area contributed by atoms with Gasteiger partial charge in [-0.15, -0.1) is 0 Å². The Morgan fingerprint density at radius 3 is 1.53 bits per heavy atom. The maximum absolute atomic E-state index is 9.03. The summed E-state index contributed by atoms with van der Waals surface area (Å²) < 4.78 is 12.8. The molecule has 1 unspecified atom stereocenters. The van der Waals surface area contributed by atoms with Crippen molar-refractivity contribution in [3.63, 3.8) is 0 Å². The number of hydrogen-bond donors (Lipinski definition) is 0. The van der Waals surface area contributed by atoms with Gasteiger partial charge in [-0.05, 0) is 78.1 Å². The third kappa shape index (κ3) is 7.26. The lowest BCUT2D eigenvalue weighted by Gasteiger charge is -2.36. The van der Waals surface area contributed by atoms with Gasteiger partial charge in [-0.2, -0.15) is 5.26 Å². The van der Waals surface area contributed by atoms with Gasteiger partial charge in [-0.1, -0.05) is 71.7 Å². The van der Waals surface area contributed by atoms with Gasteiger partial charge in [-0.25, -0.2) is 0 Å². The van der Waals surface area contributed by atoms with Crippen LogP contribution >= 0.6 is 0 Å². The molecule has 0 aliphatic heterocycles. The Balaban J connectivity index is 2.19. The van der Waals surface area contributed by atoms with Crippen molar-refractivity contribution in [3.05, 3.63) is 59.7 Å². The van der Waals surface area contributed by atoms with Gasteiger partial charge in [0.05, 0.1) is 5.92 Å². The predicted octanol–water partition coefficient (Wildman–Crippen LogP) is 8.31. The molecular weight excluding hydrogens is 450 g/mol. The fourth-order valence-corrected chi connectivity index (χ4v) is 5.03. The molecule has 0 spiro atoms. The molecule has 2 rings (SSSR count). The molecule has 0 aliphatic rings. The maximum atomic E-state index is 9.03. The molecule has 0 heterocycles. The number of rotatable bonds is 7. The molecule has 1 atom stereocenters. The summed E-state index contributed by atoms with van der Waals surface area (Å²) in [6.07, 6.45) is 0.734. The van der Waals surface area contributed by atoms with E-state index in [1.54, 1.807) is 0 Å². The summed E-state index contributed by atoms with van der Waals surface area (Å²) in [5.74, 6) is 7.50. The Bertz CT molecular complexity index is 1060. The van der Waals surface area contributed by atoms with Gasteiger partial charge in [0, 0.05) is 5.92 Å². The minimum absolute atomic E-state index is 0.0614. The average molecular weight is 492 g/mol. The highest BCUT2D eigenvalue weighted by molar-refractivity contribution is 6.75. The van der Waals surface area contributed by atoms with Crippen molar-refractivity contribution in [1.29, 1.82) is 5.26 Å². The maximum Gasteiger partial charge on any atom is 0.250 e. The molecule has 3 nitrogen and oxygen atoms in total. The Morgan fingerprint density at radius 1 is 0.735 bits per heavy atom. The van der Waals surface area contributed by atoms with E-state index in [2.05, 4.69) is 116 Å². The summed E-state index contributed by atoms with van der Waals surface area (Å²) in [6.45, 7) is 22.5. The van der Waals surface area contributed by atoms with Crippen LogP contribution in [0, 0.1) is 23.2 Å². The lowest BCUT2D eigenvalue weighted by Crippen LogP contribution is -2.43. The fourth-order valence-electron chi connectivity index (χ4n) is 2.96. The number of nitrogens with zero attached hydrogens (tertiary/aromatic N) is 1. The van der Waals surface area contributed by atoms with Crippen molar-refractivity contribution in [2.24, 2.45) is 0 Å². The molecule has 0 saturated carbocycles. The first kappa shape index (κ1) is 27.8. The van der Waals surface area contributed by atoms with Gasteiger partial charge in [0.15, 0.2) is 6.07 Å². The third-order valence-corrected chi connectivity index (χ3v) is 16.0. The normalized spacial score (nSPS) is 13.3. The summed E-state index contributed by atoms with van der Waals surface area (Å²) >= 11 is 0. The van der Waals surface area contributed by atoms with E-state index in [0.717, 1.165) is 23.5 Å². The highest BCUT2D eigenvalue weighted by Crippen LogP contribution is 2.38. The first-order valence-electron chi connectivity index (χ1n) is 12.0. The summed E-state index contributed by atoms with van der Waals surface area (Å²) in [6, 6.07) is 18.5. The molecule has 2 aromatic carbocycles. The lowest BCUT2D eigenvalue weighted by atomic mass is 9.92. The van der Waals surface area contributed by atoms with Crippen LogP contribution in [0.15, 0.2) is 48.5 Å². The van der Waals surface area contributed by atoms with Gasteiger partial charge in [0.1, 0.15) is 11.5 Å². The van der Waals surface area contributed by atoms with Crippen LogP contribution < -0.4 is 8.85 Å². The van der Waals surface area contributed by atoms with E-state index in [0.29, 0.717) is 0 Å². The minimum Gasteiger partial charge on any atom is -0.544 e. The van der Waals surface area contributed by atoms with Gasteiger partial charge < -0.3 is 8.85 Å². The molecular formula is C29H41NO2Si2. The molecule has 0 fully saturated rings. The van der Waals surface area contributed by atoms with E-state index < -0.39 is 16.6 Å². The van der Waals surface area contributed by atoms with Gasteiger partial charge in [0.25, 0.3) is 0 Å². The van der Waals surface area contributed by atoms with E-state index >= 15 is 0 Å². The number of nitriles is 1. The van der Waals surface area contributed by atoms with Crippen LogP contribution in [0.2, 0.25) is 36.3 Å². The molecule has 0 saturated heterocycles. The van der Waals surface area contributed by atoms with Crippen LogP contribution in [0.25, 0.3) is 0 Å². The van der Waals surface area contributed by atoms with Gasteiger partial charge in [0.2, 0.25) is 16.6 Å². The zero-order valence-corrected chi connectivity index (χ0v) is 24.7. The van der Waals surface area contributed by atoms with Crippen LogP contribution in [0.1, 0.15) is 58.6 Å². The second-order valence-corrected chi connectivity index (χ2v) is 21.5. The van der Waals surface area contributed by atoms with Gasteiger partial charge in [-0.3, -0.25) is 0 Å². The van der Waals surface area contributed by atoms with Crippen LogP contribution in [-0.4, -0.2) is 16.6 Å². The molecule has 0 amide bonds. The number of hydrogen-bond acceptors (Lipinski definition) is 3. The SMILES string of the molecule is CC(C)(C)[Si](C)(C)Oc1ccc(CC(C#CC#N)c2ccc(O[Si](C)(C)C(C)(C)C)cc2)cc1. The minimum atomic E-state index is -1.89. The first-order chi connectivity index (χ1) is 15.6. The van der Waals surface area contributed by atoms with Crippen molar-refractivity contribution in [2.75, 3.05) is 0 Å². The standard InChI is InChI=1S/C29H41NO2Si2/c1-28(2,3)33(7,8)31-26-17-13-23(14-18-26)22-25(12-11-21-30)24-15-19-27(20-16-24)32-34(9,10)29(4,5)6/h13-20,25H,22H2,1-10H3. The van der Waals surface area contributed by atoms with Crippen LogP contribution in [0.4, 0.5) is 0 Å². The van der Waals surface area contributed by atoms with E-state index in [1.807, 2.05) is 18.2 Å². The molecule has 182 valence electrons. The molecule has 0 bridgehead atoms. The fraction of sp³-hybridized carbons (Fsp3) is 0.483. The van der Waals surface area contributed by atoms with E-state index in [1.165, 1.54) is 5.56 Å². The Kier molecular flexibility index (Phi) is 8.51. The van der Waals surface area contributed by atoms with Crippen molar-refractivity contribution in [1.82, 2.24) is 0 Å². The quantitative estimate of drug-likeness (QED) is 0.289. The second kappa shape index (κ2) is 10.4. The molecule has 0 aromatic heterocycles. The molecule has 34 heavy (non-hydrogen) atoms. The summed E-state index contributed by atoms with van der Waals surface area (Å²) in [5, 5.41) is 9.34. The number of benzene rings is 2. The van der Waals surface area contributed by atoms with Crippen LogP contribution in [-0.2, 0) is 6.42 Å². The van der Waals surface area contributed by atoms with Crippen molar-refractivity contribution >= 4 is 16.6 Å². The van der Waals surface area contributed by atoms with Crippen LogP contribution in [0.5, 0.6) is 11.5 Å². The van der Waals surface area contributed by atoms with Gasteiger partial charge >= 0.3 is 0 Å². The summed E-state index contributed by atoms with van der Waals surface area (Å²) in [7, 11) is -3.75. The highest BCUT2D eigenvalue weighted by atomic mass is 28.4. The molecule has 5 heteroatoms. The van der Waals surface area contributed by atoms with E-state index in [-0.39, 0.29) is 16.0 Å². The topological polar surface area (TPSA) is 42.2 Å². The molecule has 0 radical (unpaired) electrons. The zero-order chi connectivity index (χ0) is 25.8. The van der Waals surface area contributed by atoms with E-state index in [9.17, 15) is 0 Å². The molecule has 0 N–H and O–H groups in total. The van der Waals surface area contributed by atoms with Crippen molar-refractivity contribution < 1.29 is 8.85 Å². The summed E-state index contributed by atoms with van der Waals surface area (Å²) in [4.78, 5) is 0. The first-order valence-corrected chi connectivity index (χ1v) is 17.8.